The van der Waals surface area contributed by atoms with Crippen molar-refractivity contribution in [1.29, 1.82) is 0 Å². The largest absolute Gasteiger partial charge is 0.484 e. The van der Waals surface area contributed by atoms with Crippen molar-refractivity contribution in [2.45, 2.75) is 19.5 Å². The van der Waals surface area contributed by atoms with Gasteiger partial charge in [0.2, 0.25) is 0 Å². The van der Waals surface area contributed by atoms with Crippen molar-refractivity contribution in [2.24, 2.45) is 0 Å². The molecule has 1 heterocycles. The molecule has 8 heteroatoms. The van der Waals surface area contributed by atoms with Gasteiger partial charge in [-0.3, -0.25) is 4.79 Å². The van der Waals surface area contributed by atoms with Gasteiger partial charge in [0, 0.05) is 17.5 Å². The highest BCUT2D eigenvalue weighted by Crippen LogP contribution is 2.23. The summed E-state index contributed by atoms with van der Waals surface area (Å²) in [6, 6.07) is 6.04. The van der Waals surface area contributed by atoms with Gasteiger partial charge < -0.3 is 14.5 Å². The summed E-state index contributed by atoms with van der Waals surface area (Å²) in [4.78, 5) is 22.7. The average Bonchev–Trinajstić information content (AvgIpc) is 2.48. The Labute approximate surface area is 129 Å². The lowest BCUT2D eigenvalue weighted by Crippen LogP contribution is -2.36. The van der Waals surface area contributed by atoms with Gasteiger partial charge in [0.05, 0.1) is 0 Å². The molecule has 0 atom stereocenters. The van der Waals surface area contributed by atoms with E-state index < -0.39 is 30.9 Å². The minimum atomic E-state index is -4.47. The monoisotopic (exact) mass is 329 g/mol. The lowest BCUT2D eigenvalue weighted by atomic mass is 10.1. The molecule has 0 unspecified atom stereocenters. The SMILES string of the molecule is CCc1cc(=O)oc2cc(OCC(=O)NCC(F)(F)F)ccc12. The van der Waals surface area contributed by atoms with Crippen LogP contribution in [0.2, 0.25) is 0 Å². The second-order valence-corrected chi connectivity index (χ2v) is 4.78. The van der Waals surface area contributed by atoms with Crippen LogP contribution in [0.15, 0.2) is 33.5 Å². The average molecular weight is 329 g/mol. The van der Waals surface area contributed by atoms with E-state index in [1.807, 2.05) is 6.92 Å². The summed E-state index contributed by atoms with van der Waals surface area (Å²) < 4.78 is 46.1. The first kappa shape index (κ1) is 16.9. The van der Waals surface area contributed by atoms with Gasteiger partial charge >= 0.3 is 11.8 Å². The number of amides is 1. The summed E-state index contributed by atoms with van der Waals surface area (Å²) in [6.45, 7) is -0.0927. The predicted octanol–water partition coefficient (Wildman–Crippen LogP) is 2.41. The van der Waals surface area contributed by atoms with E-state index in [1.165, 1.54) is 12.1 Å². The Kier molecular flexibility index (Phi) is 4.92. The quantitative estimate of drug-likeness (QED) is 0.856. The van der Waals surface area contributed by atoms with E-state index >= 15 is 0 Å². The van der Waals surface area contributed by atoms with Gasteiger partial charge in [-0.25, -0.2) is 4.79 Å². The third-order valence-electron chi connectivity index (χ3n) is 3.04. The summed E-state index contributed by atoms with van der Waals surface area (Å²) in [6.07, 6.45) is -3.83. The lowest BCUT2D eigenvalue weighted by molar-refractivity contribution is -0.139. The molecule has 1 amide bonds. The number of aryl methyl sites for hydroxylation is 1. The predicted molar refractivity (Wildman–Crippen MR) is 76.4 cm³/mol. The summed E-state index contributed by atoms with van der Waals surface area (Å²) in [5.41, 5.74) is 0.600. The fourth-order valence-electron chi connectivity index (χ4n) is 1.99. The van der Waals surface area contributed by atoms with Crippen LogP contribution in [0.1, 0.15) is 12.5 Å². The molecule has 0 aliphatic heterocycles. The summed E-state index contributed by atoms with van der Waals surface area (Å²) in [7, 11) is 0. The third-order valence-corrected chi connectivity index (χ3v) is 3.04. The standard InChI is InChI=1S/C15H14F3NO4/c1-2-9-5-14(21)23-12-6-10(3-4-11(9)12)22-7-13(20)19-8-15(16,17)18/h3-6H,2,7-8H2,1H3,(H,19,20). The smallest absolute Gasteiger partial charge is 0.405 e. The van der Waals surface area contributed by atoms with Crippen LogP contribution >= 0.6 is 0 Å². The highest BCUT2D eigenvalue weighted by molar-refractivity contribution is 5.82. The zero-order chi connectivity index (χ0) is 17.0. The van der Waals surface area contributed by atoms with Crippen molar-refractivity contribution in [3.63, 3.8) is 0 Å². The third kappa shape index (κ3) is 4.73. The zero-order valence-electron chi connectivity index (χ0n) is 12.2. The molecule has 0 radical (unpaired) electrons. The number of rotatable bonds is 5. The molecule has 5 nitrogen and oxygen atoms in total. The van der Waals surface area contributed by atoms with Crippen LogP contribution in [0.4, 0.5) is 13.2 Å². The van der Waals surface area contributed by atoms with Gasteiger partial charge in [0.1, 0.15) is 17.9 Å². The van der Waals surface area contributed by atoms with Gasteiger partial charge in [-0.1, -0.05) is 6.92 Å². The van der Waals surface area contributed by atoms with Crippen LogP contribution in [-0.4, -0.2) is 25.2 Å². The van der Waals surface area contributed by atoms with Crippen LogP contribution in [0.5, 0.6) is 5.75 Å². The topological polar surface area (TPSA) is 68.5 Å². The van der Waals surface area contributed by atoms with Crippen molar-refractivity contribution >= 4 is 16.9 Å². The normalized spacial score (nSPS) is 11.5. The Bertz CT molecular complexity index is 767. The van der Waals surface area contributed by atoms with Crippen LogP contribution in [-0.2, 0) is 11.2 Å². The number of carbonyl (C=O) groups excluding carboxylic acids is 1. The van der Waals surface area contributed by atoms with Crippen LogP contribution in [0, 0.1) is 0 Å². The molecule has 0 aliphatic rings. The Hall–Kier alpha value is -2.51. The molecular formula is C15H14F3NO4. The fourth-order valence-corrected chi connectivity index (χ4v) is 1.99. The summed E-state index contributed by atoms with van der Waals surface area (Å²) in [5, 5.41) is 2.43. The van der Waals surface area contributed by atoms with E-state index in [9.17, 15) is 22.8 Å². The van der Waals surface area contributed by atoms with Crippen molar-refractivity contribution in [3.8, 4) is 5.75 Å². The molecule has 1 N–H and O–H groups in total. The van der Waals surface area contributed by atoms with E-state index in [-0.39, 0.29) is 5.75 Å². The van der Waals surface area contributed by atoms with E-state index in [1.54, 1.807) is 17.4 Å². The van der Waals surface area contributed by atoms with E-state index in [2.05, 4.69) is 0 Å². The van der Waals surface area contributed by atoms with Gasteiger partial charge in [-0.15, -0.1) is 0 Å². The number of carbonyl (C=O) groups is 1. The first-order valence-electron chi connectivity index (χ1n) is 6.81. The second-order valence-electron chi connectivity index (χ2n) is 4.78. The number of nitrogens with one attached hydrogen (secondary N) is 1. The molecule has 0 saturated carbocycles. The van der Waals surface area contributed by atoms with Crippen LogP contribution in [0.25, 0.3) is 11.0 Å². The van der Waals surface area contributed by atoms with Crippen molar-refractivity contribution in [1.82, 2.24) is 5.32 Å². The van der Waals surface area contributed by atoms with Gasteiger partial charge in [0.15, 0.2) is 6.61 Å². The number of hydrogen-bond donors (Lipinski definition) is 1. The summed E-state index contributed by atoms with van der Waals surface area (Å²) in [5.74, 6) is -0.678. The van der Waals surface area contributed by atoms with Crippen molar-refractivity contribution in [3.05, 3.63) is 40.2 Å². The lowest BCUT2D eigenvalue weighted by Gasteiger charge is -2.10. The Morgan fingerprint density at radius 3 is 2.70 bits per heavy atom. The van der Waals surface area contributed by atoms with E-state index in [0.717, 1.165) is 10.9 Å². The molecule has 0 spiro atoms. The van der Waals surface area contributed by atoms with E-state index in [4.69, 9.17) is 9.15 Å². The number of ether oxygens (including phenoxy) is 1. The molecule has 0 saturated heterocycles. The molecule has 1 aromatic heterocycles. The Balaban J connectivity index is 2.07. The highest BCUT2D eigenvalue weighted by atomic mass is 19.4. The van der Waals surface area contributed by atoms with Gasteiger partial charge in [-0.05, 0) is 24.1 Å². The zero-order valence-corrected chi connectivity index (χ0v) is 12.2. The number of fused-ring (bicyclic) bond motifs is 1. The summed E-state index contributed by atoms with van der Waals surface area (Å²) >= 11 is 0. The number of benzene rings is 1. The molecular weight excluding hydrogens is 315 g/mol. The van der Waals surface area contributed by atoms with Crippen molar-refractivity contribution in [2.75, 3.05) is 13.2 Å². The second kappa shape index (κ2) is 6.72. The first-order valence-corrected chi connectivity index (χ1v) is 6.81. The minimum Gasteiger partial charge on any atom is -0.484 e. The number of halogens is 3. The molecule has 1 aromatic carbocycles. The van der Waals surface area contributed by atoms with Gasteiger partial charge in [-0.2, -0.15) is 13.2 Å². The highest BCUT2D eigenvalue weighted by Gasteiger charge is 2.27. The van der Waals surface area contributed by atoms with Gasteiger partial charge in [0.25, 0.3) is 5.91 Å². The Morgan fingerprint density at radius 2 is 2.04 bits per heavy atom. The first-order chi connectivity index (χ1) is 10.8. The number of alkyl halides is 3. The van der Waals surface area contributed by atoms with Crippen LogP contribution < -0.4 is 15.7 Å². The Morgan fingerprint density at radius 1 is 1.30 bits per heavy atom. The maximum absolute atomic E-state index is 12.0. The van der Waals surface area contributed by atoms with E-state index in [0.29, 0.717) is 12.0 Å². The maximum Gasteiger partial charge on any atom is 0.405 e. The van der Waals surface area contributed by atoms with Crippen molar-refractivity contribution < 1.29 is 27.1 Å². The minimum absolute atomic E-state index is 0.219. The fraction of sp³-hybridized carbons (Fsp3) is 0.333. The molecule has 0 fully saturated rings. The molecule has 23 heavy (non-hydrogen) atoms. The molecule has 0 aliphatic carbocycles. The molecule has 2 rings (SSSR count). The molecule has 124 valence electrons. The molecule has 2 aromatic rings. The maximum atomic E-state index is 12.0. The molecule has 0 bridgehead atoms. The number of hydrogen-bond acceptors (Lipinski definition) is 4. The van der Waals surface area contributed by atoms with Crippen LogP contribution in [0.3, 0.4) is 0 Å².